The average molecular weight is 365 g/mol. The number of amides is 1. The van der Waals surface area contributed by atoms with Gasteiger partial charge < -0.3 is 9.88 Å². The number of benzene rings is 2. The number of H-pyrrole nitrogens is 1. The van der Waals surface area contributed by atoms with Crippen molar-refractivity contribution in [3.8, 4) is 0 Å². The molecular weight excluding hydrogens is 345 g/mol. The van der Waals surface area contributed by atoms with Crippen molar-refractivity contribution < 1.29 is 14.0 Å². The lowest BCUT2D eigenvalue weighted by atomic mass is 10.1. The van der Waals surface area contributed by atoms with E-state index in [2.05, 4.69) is 22.0 Å². The summed E-state index contributed by atoms with van der Waals surface area (Å²) in [7, 11) is 0. The van der Waals surface area contributed by atoms with E-state index >= 15 is 0 Å². The zero-order valence-electron chi connectivity index (χ0n) is 14.8. The van der Waals surface area contributed by atoms with Crippen molar-refractivity contribution in [3.05, 3.63) is 71.7 Å². The molecule has 5 nitrogen and oxygen atoms in total. The van der Waals surface area contributed by atoms with Gasteiger partial charge in [-0.15, -0.1) is 0 Å². The monoisotopic (exact) mass is 365 g/mol. The Kier molecular flexibility index (Phi) is 4.73. The molecule has 0 radical (unpaired) electrons. The fourth-order valence-electron chi connectivity index (χ4n) is 3.50. The summed E-state index contributed by atoms with van der Waals surface area (Å²) in [5.41, 5.74) is 2.04. The molecule has 1 N–H and O–H groups in total. The van der Waals surface area contributed by atoms with Crippen molar-refractivity contribution in [1.82, 2.24) is 14.8 Å². The number of fused-ring (bicyclic) bond motifs is 1. The molecule has 0 atom stereocenters. The first-order valence-electron chi connectivity index (χ1n) is 8.98. The van der Waals surface area contributed by atoms with Gasteiger partial charge in [0.1, 0.15) is 5.82 Å². The van der Waals surface area contributed by atoms with E-state index < -0.39 is 11.7 Å². The maximum absolute atomic E-state index is 13.3. The molecule has 1 fully saturated rings. The van der Waals surface area contributed by atoms with E-state index in [1.807, 2.05) is 18.2 Å². The van der Waals surface area contributed by atoms with Gasteiger partial charge in [0.05, 0.1) is 5.56 Å². The highest BCUT2D eigenvalue weighted by molar-refractivity contribution is 6.44. The van der Waals surface area contributed by atoms with E-state index in [0.29, 0.717) is 29.6 Å². The summed E-state index contributed by atoms with van der Waals surface area (Å²) < 4.78 is 13.3. The van der Waals surface area contributed by atoms with Crippen LogP contribution in [0.2, 0.25) is 0 Å². The number of carbonyl (C=O) groups excluding carboxylic acids is 2. The Labute approximate surface area is 156 Å². The fraction of sp³-hybridized carbons (Fsp3) is 0.238. The molecule has 138 valence electrons. The minimum absolute atomic E-state index is 0.293. The van der Waals surface area contributed by atoms with Gasteiger partial charge in [0, 0.05) is 49.8 Å². The topological polar surface area (TPSA) is 56.4 Å². The number of aromatic amines is 1. The number of nitrogens with one attached hydrogen (secondary N) is 1. The van der Waals surface area contributed by atoms with E-state index in [9.17, 15) is 14.0 Å². The minimum Gasteiger partial charge on any atom is -0.360 e. The van der Waals surface area contributed by atoms with Crippen LogP contribution in [0.1, 0.15) is 15.9 Å². The van der Waals surface area contributed by atoms with Gasteiger partial charge in [-0.3, -0.25) is 14.5 Å². The van der Waals surface area contributed by atoms with Gasteiger partial charge in [-0.2, -0.15) is 0 Å². The Hall–Kier alpha value is -2.99. The molecule has 1 aromatic heterocycles. The van der Waals surface area contributed by atoms with Gasteiger partial charge in [0.25, 0.3) is 11.7 Å². The van der Waals surface area contributed by atoms with E-state index in [1.54, 1.807) is 4.90 Å². The van der Waals surface area contributed by atoms with Crippen molar-refractivity contribution >= 4 is 22.6 Å². The summed E-state index contributed by atoms with van der Waals surface area (Å²) in [4.78, 5) is 32.0. The Bertz CT molecular complexity index is 976. The summed E-state index contributed by atoms with van der Waals surface area (Å²) >= 11 is 0. The first-order valence-corrected chi connectivity index (χ1v) is 8.98. The Morgan fingerprint density at radius 3 is 2.48 bits per heavy atom. The number of Topliss-reactive ketones (excluding diaryl/α,β-unsaturated/α-hetero) is 1. The lowest BCUT2D eigenvalue weighted by molar-refractivity contribution is -0.128. The second kappa shape index (κ2) is 7.32. The van der Waals surface area contributed by atoms with Crippen molar-refractivity contribution in [3.63, 3.8) is 0 Å². The first kappa shape index (κ1) is 17.4. The van der Waals surface area contributed by atoms with Gasteiger partial charge in [-0.1, -0.05) is 30.3 Å². The molecule has 2 aromatic carbocycles. The molecule has 0 bridgehead atoms. The summed E-state index contributed by atoms with van der Waals surface area (Å²) in [6.45, 7) is 3.34. The normalized spacial score (nSPS) is 15.2. The molecule has 1 aliphatic rings. The first-order chi connectivity index (χ1) is 13.1. The molecule has 0 saturated carbocycles. The molecule has 1 saturated heterocycles. The SMILES string of the molecule is O=C(C(=O)N1CCN(Cc2ccccc2)CC1)c1c[nH]c2cc(F)ccc12. The Balaban J connectivity index is 1.40. The summed E-state index contributed by atoms with van der Waals surface area (Å²) in [6, 6.07) is 14.3. The Morgan fingerprint density at radius 1 is 1.00 bits per heavy atom. The van der Waals surface area contributed by atoms with Gasteiger partial charge in [-0.25, -0.2) is 4.39 Å². The summed E-state index contributed by atoms with van der Waals surface area (Å²) in [5, 5.41) is 0.567. The van der Waals surface area contributed by atoms with Crippen molar-refractivity contribution in [2.24, 2.45) is 0 Å². The van der Waals surface area contributed by atoms with Crippen LogP contribution in [0.3, 0.4) is 0 Å². The van der Waals surface area contributed by atoms with Crippen LogP contribution in [0.4, 0.5) is 4.39 Å². The van der Waals surface area contributed by atoms with Crippen molar-refractivity contribution in [1.29, 1.82) is 0 Å². The quantitative estimate of drug-likeness (QED) is 0.571. The van der Waals surface area contributed by atoms with Crippen LogP contribution >= 0.6 is 0 Å². The van der Waals surface area contributed by atoms with Gasteiger partial charge in [0.2, 0.25) is 0 Å². The van der Waals surface area contributed by atoms with Gasteiger partial charge in [0.15, 0.2) is 0 Å². The molecule has 4 rings (SSSR count). The molecule has 1 aliphatic heterocycles. The van der Waals surface area contributed by atoms with Crippen LogP contribution in [-0.2, 0) is 11.3 Å². The molecule has 27 heavy (non-hydrogen) atoms. The number of piperazine rings is 1. The van der Waals surface area contributed by atoms with Crippen LogP contribution in [-0.4, -0.2) is 52.7 Å². The molecule has 3 aromatic rings. The predicted octanol–water partition coefficient (Wildman–Crippen LogP) is 2.83. The molecule has 2 heterocycles. The maximum Gasteiger partial charge on any atom is 0.295 e. The third kappa shape index (κ3) is 3.61. The third-order valence-electron chi connectivity index (χ3n) is 4.99. The zero-order valence-corrected chi connectivity index (χ0v) is 14.8. The van der Waals surface area contributed by atoms with E-state index in [0.717, 1.165) is 19.6 Å². The fourth-order valence-corrected chi connectivity index (χ4v) is 3.50. The highest BCUT2D eigenvalue weighted by atomic mass is 19.1. The number of hydrogen-bond donors (Lipinski definition) is 1. The second-order valence-electron chi connectivity index (χ2n) is 6.78. The largest absolute Gasteiger partial charge is 0.360 e. The van der Waals surface area contributed by atoms with Gasteiger partial charge in [-0.05, 0) is 23.8 Å². The maximum atomic E-state index is 13.3. The summed E-state index contributed by atoms with van der Waals surface area (Å²) in [6.07, 6.45) is 1.48. The number of rotatable bonds is 4. The molecule has 0 spiro atoms. The highest BCUT2D eigenvalue weighted by Crippen LogP contribution is 2.20. The van der Waals surface area contributed by atoms with E-state index in [4.69, 9.17) is 0 Å². The number of ketones is 1. The molecule has 1 amide bonds. The average Bonchev–Trinajstić information content (AvgIpc) is 3.11. The van der Waals surface area contributed by atoms with Crippen LogP contribution in [0.25, 0.3) is 10.9 Å². The number of carbonyl (C=O) groups is 2. The zero-order chi connectivity index (χ0) is 18.8. The van der Waals surface area contributed by atoms with Crippen molar-refractivity contribution in [2.75, 3.05) is 26.2 Å². The third-order valence-corrected chi connectivity index (χ3v) is 4.99. The van der Waals surface area contributed by atoms with Crippen LogP contribution in [0.5, 0.6) is 0 Å². The number of hydrogen-bond acceptors (Lipinski definition) is 3. The standard InChI is InChI=1S/C21H20FN3O2/c22-16-6-7-17-18(13-23-19(17)12-16)20(26)21(27)25-10-8-24(9-11-25)14-15-4-2-1-3-5-15/h1-7,12-13,23H,8-11,14H2. The number of nitrogens with zero attached hydrogens (tertiary/aromatic N) is 2. The smallest absolute Gasteiger partial charge is 0.295 e. The van der Waals surface area contributed by atoms with E-state index in [-0.39, 0.29) is 5.82 Å². The van der Waals surface area contributed by atoms with E-state index in [1.165, 1.54) is 30.0 Å². The molecule has 0 unspecified atom stereocenters. The second-order valence-corrected chi connectivity index (χ2v) is 6.78. The van der Waals surface area contributed by atoms with Crippen LogP contribution < -0.4 is 0 Å². The van der Waals surface area contributed by atoms with Crippen LogP contribution in [0.15, 0.2) is 54.7 Å². The van der Waals surface area contributed by atoms with Gasteiger partial charge >= 0.3 is 0 Å². The number of halogens is 1. The van der Waals surface area contributed by atoms with Crippen molar-refractivity contribution in [2.45, 2.75) is 6.54 Å². The minimum atomic E-state index is -0.552. The molecular formula is C21H20FN3O2. The number of aromatic nitrogens is 1. The molecule has 0 aliphatic carbocycles. The molecule has 6 heteroatoms. The lowest BCUT2D eigenvalue weighted by Gasteiger charge is -2.34. The summed E-state index contributed by atoms with van der Waals surface area (Å²) in [5.74, 6) is -1.44. The Morgan fingerprint density at radius 2 is 1.74 bits per heavy atom. The predicted molar refractivity (Wildman–Crippen MR) is 101 cm³/mol. The van der Waals surface area contributed by atoms with Crippen LogP contribution in [0, 0.1) is 5.82 Å². The lowest BCUT2D eigenvalue weighted by Crippen LogP contribution is -2.50. The highest BCUT2D eigenvalue weighted by Gasteiger charge is 2.28.